The molecule has 2 N–H and O–H groups in total. The third-order valence-corrected chi connectivity index (χ3v) is 3.91. The zero-order chi connectivity index (χ0) is 17.5. The number of anilines is 2. The van der Waals surface area contributed by atoms with Gasteiger partial charge in [0.1, 0.15) is 0 Å². The van der Waals surface area contributed by atoms with Crippen LogP contribution >= 0.6 is 11.3 Å². The summed E-state index contributed by atoms with van der Waals surface area (Å²) in [7, 11) is 0. The molecule has 0 bridgehead atoms. The first-order valence-electron chi connectivity index (χ1n) is 7.34. The van der Waals surface area contributed by atoms with Gasteiger partial charge in [0.2, 0.25) is 0 Å². The largest absolute Gasteiger partial charge is 0.451 e. The number of ether oxygens (including phenoxy) is 1. The van der Waals surface area contributed by atoms with Crippen molar-refractivity contribution in [3.05, 3.63) is 53.1 Å². The Balaban J connectivity index is 1.86. The van der Waals surface area contributed by atoms with Gasteiger partial charge in [-0.3, -0.25) is 4.79 Å². The molecule has 0 aliphatic heterocycles. The summed E-state index contributed by atoms with van der Waals surface area (Å²) in [4.78, 5) is 27.9. The van der Waals surface area contributed by atoms with Crippen molar-refractivity contribution in [3.8, 4) is 0 Å². The Morgan fingerprint density at radius 2 is 2.17 bits per heavy atom. The number of nitrogens with zero attached hydrogens (tertiary/aromatic N) is 1. The highest BCUT2D eigenvalue weighted by Crippen LogP contribution is 2.17. The second-order valence-electron chi connectivity index (χ2n) is 5.15. The second-order valence-corrected chi connectivity index (χ2v) is 6.01. The lowest BCUT2D eigenvalue weighted by molar-refractivity contribution is -0.119. The summed E-state index contributed by atoms with van der Waals surface area (Å²) < 4.78 is 5.00. The molecule has 0 atom stereocenters. The minimum atomic E-state index is -0.631. The Labute approximate surface area is 144 Å². The lowest BCUT2D eigenvalue weighted by Crippen LogP contribution is -2.21. The molecule has 2 rings (SSSR count). The standard InChI is InChI=1S/C17H19N3O3S/c1-4-7-18-17-20-14(10-24-17)16(22)23-9-15(21)19-13-8-11(2)5-6-12(13)3/h4-6,8,10H,1,7,9H2,2-3H3,(H,18,20)(H,19,21). The minimum absolute atomic E-state index is 0.172. The van der Waals surface area contributed by atoms with Crippen LogP contribution in [0.25, 0.3) is 0 Å². The summed E-state index contributed by atoms with van der Waals surface area (Å²) in [5.74, 6) is -1.02. The molecule has 0 aliphatic rings. The Kier molecular flexibility index (Phi) is 6.08. The lowest BCUT2D eigenvalue weighted by atomic mass is 10.1. The average molecular weight is 345 g/mol. The van der Waals surface area contributed by atoms with Crippen molar-refractivity contribution in [1.29, 1.82) is 0 Å². The van der Waals surface area contributed by atoms with E-state index in [1.54, 1.807) is 11.5 Å². The van der Waals surface area contributed by atoms with Crippen molar-refractivity contribution in [2.24, 2.45) is 0 Å². The Hall–Kier alpha value is -2.67. The number of thiazole rings is 1. The predicted molar refractivity (Wildman–Crippen MR) is 95.6 cm³/mol. The SMILES string of the molecule is C=CCNc1nc(C(=O)OCC(=O)Nc2cc(C)ccc2C)cs1. The molecule has 0 saturated heterocycles. The van der Waals surface area contributed by atoms with Crippen LogP contribution in [0.1, 0.15) is 21.6 Å². The van der Waals surface area contributed by atoms with Gasteiger partial charge < -0.3 is 15.4 Å². The minimum Gasteiger partial charge on any atom is -0.451 e. The van der Waals surface area contributed by atoms with Gasteiger partial charge in [-0.1, -0.05) is 18.2 Å². The van der Waals surface area contributed by atoms with Crippen molar-refractivity contribution in [2.75, 3.05) is 23.8 Å². The van der Waals surface area contributed by atoms with Crippen molar-refractivity contribution in [1.82, 2.24) is 4.98 Å². The second kappa shape index (κ2) is 8.26. The maximum atomic E-state index is 11.9. The molecule has 1 aromatic heterocycles. The van der Waals surface area contributed by atoms with E-state index in [1.807, 2.05) is 32.0 Å². The summed E-state index contributed by atoms with van der Waals surface area (Å²) in [6, 6.07) is 5.75. The zero-order valence-corrected chi connectivity index (χ0v) is 14.4. The van der Waals surface area contributed by atoms with E-state index in [4.69, 9.17) is 4.74 Å². The number of hydrogen-bond donors (Lipinski definition) is 2. The molecule has 2 aromatic rings. The van der Waals surface area contributed by atoms with Crippen molar-refractivity contribution in [3.63, 3.8) is 0 Å². The summed E-state index contributed by atoms with van der Waals surface area (Å²) in [5.41, 5.74) is 2.86. The molecule has 126 valence electrons. The normalized spacial score (nSPS) is 10.1. The highest BCUT2D eigenvalue weighted by atomic mass is 32.1. The summed E-state index contributed by atoms with van der Waals surface area (Å²) in [5, 5.41) is 7.89. The van der Waals surface area contributed by atoms with E-state index in [0.717, 1.165) is 11.1 Å². The maximum absolute atomic E-state index is 11.9. The predicted octanol–water partition coefficient (Wildman–Crippen LogP) is 3.15. The van der Waals surface area contributed by atoms with E-state index in [2.05, 4.69) is 22.2 Å². The van der Waals surface area contributed by atoms with Gasteiger partial charge in [-0.05, 0) is 31.0 Å². The number of nitrogens with one attached hydrogen (secondary N) is 2. The maximum Gasteiger partial charge on any atom is 0.358 e. The molecule has 0 radical (unpaired) electrons. The fourth-order valence-corrected chi connectivity index (χ4v) is 2.56. The van der Waals surface area contributed by atoms with Gasteiger partial charge in [0.15, 0.2) is 17.4 Å². The average Bonchev–Trinajstić information content (AvgIpc) is 3.03. The van der Waals surface area contributed by atoms with Gasteiger partial charge in [0.05, 0.1) is 0 Å². The van der Waals surface area contributed by atoms with Gasteiger partial charge in [0.25, 0.3) is 5.91 Å². The van der Waals surface area contributed by atoms with Gasteiger partial charge in [-0.2, -0.15) is 0 Å². The fourth-order valence-electron chi connectivity index (χ4n) is 1.87. The van der Waals surface area contributed by atoms with Crippen molar-refractivity contribution >= 4 is 34.0 Å². The van der Waals surface area contributed by atoms with Crippen LogP contribution in [0.3, 0.4) is 0 Å². The van der Waals surface area contributed by atoms with E-state index in [1.165, 1.54) is 11.3 Å². The smallest absolute Gasteiger partial charge is 0.358 e. The lowest BCUT2D eigenvalue weighted by Gasteiger charge is -2.09. The molecule has 0 unspecified atom stereocenters. The molecule has 1 amide bonds. The number of hydrogen-bond acceptors (Lipinski definition) is 6. The van der Waals surface area contributed by atoms with Gasteiger partial charge in [-0.25, -0.2) is 9.78 Å². The first-order chi connectivity index (χ1) is 11.5. The first-order valence-corrected chi connectivity index (χ1v) is 8.22. The van der Waals surface area contributed by atoms with Crippen LogP contribution in [0, 0.1) is 13.8 Å². The molecular formula is C17H19N3O3S. The first kappa shape index (κ1) is 17.7. The van der Waals surface area contributed by atoms with Crippen LogP contribution in [-0.2, 0) is 9.53 Å². The van der Waals surface area contributed by atoms with Gasteiger partial charge >= 0.3 is 5.97 Å². The number of amides is 1. The van der Waals surface area contributed by atoms with Crippen LogP contribution in [0.4, 0.5) is 10.8 Å². The number of esters is 1. The number of benzene rings is 1. The number of carbonyl (C=O) groups is 2. The number of aromatic nitrogens is 1. The zero-order valence-electron chi connectivity index (χ0n) is 13.6. The van der Waals surface area contributed by atoms with Gasteiger partial charge in [0, 0.05) is 17.6 Å². The molecule has 7 heteroatoms. The molecular weight excluding hydrogens is 326 g/mol. The Morgan fingerprint density at radius 3 is 2.92 bits per heavy atom. The molecule has 1 aromatic carbocycles. The molecule has 0 fully saturated rings. The van der Waals surface area contributed by atoms with E-state index in [0.29, 0.717) is 17.4 Å². The van der Waals surface area contributed by atoms with Crippen LogP contribution < -0.4 is 10.6 Å². The van der Waals surface area contributed by atoms with Crippen LogP contribution in [0.2, 0.25) is 0 Å². The Morgan fingerprint density at radius 1 is 1.38 bits per heavy atom. The highest BCUT2D eigenvalue weighted by Gasteiger charge is 2.14. The molecule has 24 heavy (non-hydrogen) atoms. The van der Waals surface area contributed by atoms with E-state index < -0.39 is 11.9 Å². The quantitative estimate of drug-likeness (QED) is 0.595. The molecule has 1 heterocycles. The number of rotatable bonds is 7. The fraction of sp³-hybridized carbons (Fsp3) is 0.235. The van der Waals surface area contributed by atoms with E-state index in [-0.39, 0.29) is 12.3 Å². The number of aryl methyl sites for hydroxylation is 2. The van der Waals surface area contributed by atoms with E-state index in [9.17, 15) is 9.59 Å². The third-order valence-electron chi connectivity index (χ3n) is 3.11. The topological polar surface area (TPSA) is 80.3 Å². The summed E-state index contributed by atoms with van der Waals surface area (Å²) in [6.45, 7) is 7.62. The molecule has 0 spiro atoms. The molecule has 0 saturated carbocycles. The Bertz CT molecular complexity index is 755. The van der Waals surface area contributed by atoms with Crippen molar-refractivity contribution < 1.29 is 14.3 Å². The summed E-state index contributed by atoms with van der Waals surface area (Å²) >= 11 is 1.29. The monoisotopic (exact) mass is 345 g/mol. The molecule has 6 nitrogen and oxygen atoms in total. The van der Waals surface area contributed by atoms with Crippen LogP contribution in [0.15, 0.2) is 36.2 Å². The van der Waals surface area contributed by atoms with E-state index >= 15 is 0 Å². The number of carbonyl (C=O) groups excluding carboxylic acids is 2. The van der Waals surface area contributed by atoms with Crippen molar-refractivity contribution in [2.45, 2.75) is 13.8 Å². The third kappa shape index (κ3) is 4.92. The van der Waals surface area contributed by atoms with Crippen LogP contribution in [-0.4, -0.2) is 30.0 Å². The summed E-state index contributed by atoms with van der Waals surface area (Å²) in [6.07, 6.45) is 1.69. The molecule has 0 aliphatic carbocycles. The van der Waals surface area contributed by atoms with Crippen LogP contribution in [0.5, 0.6) is 0 Å². The highest BCUT2D eigenvalue weighted by molar-refractivity contribution is 7.13. The van der Waals surface area contributed by atoms with Gasteiger partial charge in [-0.15, -0.1) is 17.9 Å².